The monoisotopic (exact) mass is 692 g/mol. The van der Waals surface area contributed by atoms with Gasteiger partial charge in [-0.15, -0.1) is 6.58 Å². The van der Waals surface area contributed by atoms with Crippen molar-refractivity contribution in [1.29, 1.82) is 0 Å². The average Bonchev–Trinajstić information content (AvgIpc) is 3.46. The predicted molar refractivity (Wildman–Crippen MR) is 201 cm³/mol. The van der Waals surface area contributed by atoms with Gasteiger partial charge in [0.15, 0.2) is 9.84 Å². The van der Waals surface area contributed by atoms with Gasteiger partial charge in [-0.2, -0.15) is 0 Å². The molecule has 7 heteroatoms. The maximum atomic E-state index is 11.9. The second-order valence-corrected chi connectivity index (χ2v) is 20.4. The summed E-state index contributed by atoms with van der Waals surface area (Å²) >= 11 is 0. The van der Waals surface area contributed by atoms with Gasteiger partial charge in [-0.05, 0) is 133 Å². The molecule has 7 unspecified atom stereocenters. The van der Waals surface area contributed by atoms with Crippen LogP contribution >= 0.6 is 0 Å². The van der Waals surface area contributed by atoms with Crippen molar-refractivity contribution in [2.45, 2.75) is 111 Å². The lowest BCUT2D eigenvalue weighted by atomic mass is 9.33. The lowest BCUT2D eigenvalue weighted by Crippen LogP contribution is -2.67. The highest BCUT2D eigenvalue weighted by molar-refractivity contribution is 7.91. The fourth-order valence-electron chi connectivity index (χ4n) is 13.2. The molecule has 6 aliphatic rings. The molecule has 6 nitrogen and oxygen atoms in total. The average molecular weight is 693 g/mol. The summed E-state index contributed by atoms with van der Waals surface area (Å²) in [4.78, 5) is 13.9. The SMILES string of the molecule is C=CC.CC1(C)C(c2ccc(C(=O)O)cc2)=CCC2(C)C1CCC1(C)C2CCC2C3CCCC3(NCCN3CCS(=O)(=O)CC3)CC[C@]21C. The van der Waals surface area contributed by atoms with Crippen molar-refractivity contribution in [3.8, 4) is 0 Å². The quantitative estimate of drug-likeness (QED) is 0.291. The Kier molecular flexibility index (Phi) is 9.94. The summed E-state index contributed by atoms with van der Waals surface area (Å²) in [7, 11) is -2.83. The van der Waals surface area contributed by atoms with Gasteiger partial charge in [0.25, 0.3) is 0 Å². The molecular formula is C42H64N2O4S. The number of carboxylic acid groups (broad SMARTS) is 1. The Morgan fingerprint density at radius 1 is 0.918 bits per heavy atom. The van der Waals surface area contributed by atoms with E-state index < -0.39 is 15.8 Å². The van der Waals surface area contributed by atoms with Crippen LogP contribution in [0.4, 0.5) is 0 Å². The van der Waals surface area contributed by atoms with E-state index >= 15 is 0 Å². The molecular weight excluding hydrogens is 629 g/mol. The molecule has 1 heterocycles. The van der Waals surface area contributed by atoms with Gasteiger partial charge in [-0.3, -0.25) is 0 Å². The first-order valence-corrected chi connectivity index (χ1v) is 21.2. The van der Waals surface area contributed by atoms with Crippen molar-refractivity contribution in [2.75, 3.05) is 37.7 Å². The molecule has 0 radical (unpaired) electrons. The molecule has 8 atom stereocenters. The second kappa shape index (κ2) is 13.2. The Morgan fingerprint density at radius 2 is 1.59 bits per heavy atom. The number of benzene rings is 1. The zero-order valence-electron chi connectivity index (χ0n) is 31.3. The summed E-state index contributed by atoms with van der Waals surface area (Å²) in [5.74, 6) is 2.61. The van der Waals surface area contributed by atoms with Crippen LogP contribution in [0.15, 0.2) is 43.0 Å². The minimum atomic E-state index is -2.83. The molecule has 0 bridgehead atoms. The third-order valence-corrected chi connectivity index (χ3v) is 17.3. The van der Waals surface area contributed by atoms with E-state index in [1.807, 2.05) is 19.1 Å². The number of rotatable bonds is 6. The van der Waals surface area contributed by atoms with Crippen molar-refractivity contribution in [1.82, 2.24) is 10.2 Å². The Labute approximate surface area is 297 Å². The highest BCUT2D eigenvalue weighted by atomic mass is 32.2. The third-order valence-electron chi connectivity index (χ3n) is 15.7. The van der Waals surface area contributed by atoms with Crippen LogP contribution in [0.1, 0.15) is 122 Å². The standard InChI is InChI=1S/C39H58N2O4S.C3H6/c1-35(2)29(27-8-10-28(11-9-27)34(42)43)14-17-36(3)32(35)15-18-38(5)33(36)13-12-30-31-7-6-16-39(31,20-19-37(30,38)4)40-21-22-41-23-25-46(44,45)26-24-41;1-3-2/h8-11,14,30-33,40H,6-7,12-13,15-26H2,1-5H3,(H,42,43);3H,1H2,2H3/t30?,31?,32?,33?,36?,37-,38?,39?;/m1./s1. The zero-order valence-corrected chi connectivity index (χ0v) is 32.1. The van der Waals surface area contributed by atoms with Crippen LogP contribution < -0.4 is 5.32 Å². The summed E-state index contributed by atoms with van der Waals surface area (Å²) in [6.07, 6.45) is 17.3. The molecule has 1 aromatic rings. The Hall–Kier alpha value is -1.96. The molecule has 4 saturated carbocycles. The first-order chi connectivity index (χ1) is 23.1. The number of sulfone groups is 1. The van der Waals surface area contributed by atoms with E-state index in [-0.39, 0.29) is 16.4 Å². The van der Waals surface area contributed by atoms with Crippen LogP contribution in [0, 0.1) is 45.3 Å². The van der Waals surface area contributed by atoms with Gasteiger partial charge < -0.3 is 15.3 Å². The Morgan fingerprint density at radius 3 is 2.24 bits per heavy atom. The van der Waals surface area contributed by atoms with Gasteiger partial charge >= 0.3 is 5.97 Å². The highest BCUT2D eigenvalue weighted by Crippen LogP contribution is 2.76. The Balaban J connectivity index is 0.00000134. The lowest BCUT2D eigenvalue weighted by molar-refractivity contribution is -0.217. The molecule has 0 amide bonds. The fourth-order valence-corrected chi connectivity index (χ4v) is 14.5. The van der Waals surface area contributed by atoms with E-state index in [0.29, 0.717) is 52.8 Å². The number of nitrogens with one attached hydrogen (secondary N) is 1. The van der Waals surface area contributed by atoms with Crippen LogP contribution in [-0.4, -0.2) is 67.6 Å². The number of carbonyl (C=O) groups is 1. The van der Waals surface area contributed by atoms with E-state index in [1.165, 1.54) is 68.9 Å². The maximum Gasteiger partial charge on any atom is 0.335 e. The van der Waals surface area contributed by atoms with Gasteiger partial charge in [0.05, 0.1) is 17.1 Å². The summed E-state index contributed by atoms with van der Waals surface area (Å²) in [5.41, 5.74) is 4.19. The normalized spacial score (nSPS) is 40.7. The van der Waals surface area contributed by atoms with E-state index in [0.717, 1.165) is 31.3 Å². The number of fused-ring (bicyclic) bond motifs is 7. The highest BCUT2D eigenvalue weighted by Gasteiger charge is 2.69. The van der Waals surface area contributed by atoms with Crippen molar-refractivity contribution < 1.29 is 18.3 Å². The molecule has 0 aromatic heterocycles. The molecule has 1 aliphatic heterocycles. The van der Waals surface area contributed by atoms with Crippen LogP contribution in [0.2, 0.25) is 0 Å². The van der Waals surface area contributed by atoms with Crippen molar-refractivity contribution in [2.24, 2.45) is 45.3 Å². The Bertz CT molecular complexity index is 1540. The maximum absolute atomic E-state index is 11.9. The van der Waals surface area contributed by atoms with E-state index in [2.05, 4.69) is 57.5 Å². The summed E-state index contributed by atoms with van der Waals surface area (Å²) in [5, 5.41) is 13.6. The van der Waals surface area contributed by atoms with Gasteiger partial charge in [0.1, 0.15) is 0 Å². The minimum Gasteiger partial charge on any atom is -0.478 e. The molecule has 1 saturated heterocycles. The molecule has 2 N–H and O–H groups in total. The molecule has 272 valence electrons. The van der Waals surface area contributed by atoms with Gasteiger partial charge in [0.2, 0.25) is 0 Å². The van der Waals surface area contributed by atoms with Crippen molar-refractivity contribution >= 4 is 21.4 Å². The van der Waals surface area contributed by atoms with E-state index in [1.54, 1.807) is 18.2 Å². The lowest BCUT2D eigenvalue weighted by Gasteiger charge is -2.72. The van der Waals surface area contributed by atoms with E-state index in [9.17, 15) is 18.3 Å². The summed E-state index contributed by atoms with van der Waals surface area (Å²) < 4.78 is 23.9. The minimum absolute atomic E-state index is 0.0342. The van der Waals surface area contributed by atoms with Gasteiger partial charge in [-0.1, -0.05) is 65.3 Å². The molecule has 7 rings (SSSR count). The zero-order chi connectivity index (χ0) is 35.5. The van der Waals surface area contributed by atoms with Crippen molar-refractivity contribution in [3.63, 3.8) is 0 Å². The number of hydrogen-bond acceptors (Lipinski definition) is 5. The molecule has 5 aliphatic carbocycles. The number of hydrogen-bond donors (Lipinski definition) is 2. The van der Waals surface area contributed by atoms with Crippen LogP contribution in [0.25, 0.3) is 5.57 Å². The number of aromatic carboxylic acids is 1. The fraction of sp³-hybridized carbons (Fsp3) is 0.738. The number of nitrogens with zero attached hydrogens (tertiary/aromatic N) is 1. The van der Waals surface area contributed by atoms with Crippen LogP contribution in [-0.2, 0) is 9.84 Å². The first-order valence-electron chi connectivity index (χ1n) is 19.4. The molecule has 0 spiro atoms. The van der Waals surface area contributed by atoms with Crippen molar-refractivity contribution in [3.05, 3.63) is 54.1 Å². The van der Waals surface area contributed by atoms with Crippen LogP contribution in [0.5, 0.6) is 0 Å². The summed E-state index contributed by atoms with van der Waals surface area (Å²) in [6.45, 7) is 21.5. The predicted octanol–water partition coefficient (Wildman–Crippen LogP) is 8.50. The topological polar surface area (TPSA) is 86.7 Å². The molecule has 1 aromatic carbocycles. The largest absolute Gasteiger partial charge is 0.478 e. The summed E-state index contributed by atoms with van der Waals surface area (Å²) in [6, 6.07) is 7.59. The molecule has 5 fully saturated rings. The second-order valence-electron chi connectivity index (χ2n) is 18.1. The number of carboxylic acids is 1. The molecule has 49 heavy (non-hydrogen) atoms. The smallest absolute Gasteiger partial charge is 0.335 e. The van der Waals surface area contributed by atoms with E-state index in [4.69, 9.17) is 0 Å². The van der Waals surface area contributed by atoms with Crippen LogP contribution in [0.3, 0.4) is 0 Å². The van der Waals surface area contributed by atoms with Gasteiger partial charge in [-0.25, -0.2) is 13.2 Å². The van der Waals surface area contributed by atoms with Gasteiger partial charge in [0, 0.05) is 31.7 Å². The number of allylic oxidation sites excluding steroid dienone is 3. The third kappa shape index (κ3) is 6.09. The first kappa shape index (κ1) is 36.8.